The Hall–Kier alpha value is -3.23. The maximum absolute atomic E-state index is 12.7. The number of nitrogens with zero attached hydrogens (tertiary/aromatic N) is 2. The van der Waals surface area contributed by atoms with Crippen molar-refractivity contribution in [3.05, 3.63) is 70.4 Å². The molecule has 5 rings (SSSR count). The van der Waals surface area contributed by atoms with Crippen molar-refractivity contribution in [1.29, 1.82) is 0 Å². The second kappa shape index (κ2) is 9.19. The lowest BCUT2D eigenvalue weighted by molar-refractivity contribution is 0.124. The molecule has 1 aliphatic heterocycles. The summed E-state index contributed by atoms with van der Waals surface area (Å²) < 4.78 is 0. The molecule has 3 aromatic rings. The average Bonchev–Trinajstić information content (AvgIpc) is 3.19. The molecule has 1 fully saturated rings. The van der Waals surface area contributed by atoms with Gasteiger partial charge in [0.1, 0.15) is 0 Å². The third kappa shape index (κ3) is 3.97. The summed E-state index contributed by atoms with van der Waals surface area (Å²) in [5.74, 6) is 7.24. The smallest absolute Gasteiger partial charge is 0.317 e. The highest BCUT2D eigenvalue weighted by molar-refractivity contribution is 5.91. The maximum Gasteiger partial charge on any atom is 0.317 e. The number of rotatable bonds is 3. The minimum Gasteiger partial charge on any atom is -0.348 e. The highest BCUT2D eigenvalue weighted by Crippen LogP contribution is 2.44. The third-order valence-electron chi connectivity index (χ3n) is 7.70. The summed E-state index contributed by atoms with van der Waals surface area (Å²) in [7, 11) is 2.20. The molecular weight excluding hydrogens is 420 g/mol. The van der Waals surface area contributed by atoms with Crippen LogP contribution in [-0.2, 0) is 6.42 Å². The summed E-state index contributed by atoms with van der Waals surface area (Å²) in [5, 5.41) is 4.64. The monoisotopic (exact) mass is 454 g/mol. The number of carbonyl (C=O) groups excluding carboxylic acids is 1. The largest absolute Gasteiger partial charge is 0.348 e. The Bertz CT molecular complexity index is 1280. The van der Waals surface area contributed by atoms with Crippen molar-refractivity contribution in [3.8, 4) is 11.8 Å². The second-order valence-electron chi connectivity index (χ2n) is 9.69. The number of amides is 2. The number of aromatic nitrogens is 1. The summed E-state index contributed by atoms with van der Waals surface area (Å²) in [4.78, 5) is 20.6. The van der Waals surface area contributed by atoms with E-state index in [1.807, 2.05) is 24.8 Å². The minimum atomic E-state index is 0.0481. The number of urea groups is 1. The van der Waals surface area contributed by atoms with Crippen molar-refractivity contribution in [3.63, 3.8) is 0 Å². The molecule has 0 spiro atoms. The molecule has 5 nitrogen and oxygen atoms in total. The minimum absolute atomic E-state index is 0.0481. The van der Waals surface area contributed by atoms with Gasteiger partial charge in [0.05, 0.1) is 5.69 Å². The zero-order chi connectivity index (χ0) is 23.8. The van der Waals surface area contributed by atoms with Crippen LogP contribution < -0.4 is 5.32 Å². The van der Waals surface area contributed by atoms with E-state index in [1.165, 1.54) is 22.1 Å². The van der Waals surface area contributed by atoms with Gasteiger partial charge in [-0.3, -0.25) is 0 Å². The van der Waals surface area contributed by atoms with Gasteiger partial charge in [0.15, 0.2) is 0 Å². The van der Waals surface area contributed by atoms with Gasteiger partial charge in [-0.25, -0.2) is 4.79 Å². The zero-order valence-corrected chi connectivity index (χ0v) is 20.6. The Kier molecular flexibility index (Phi) is 6.10. The fraction of sp³-hybridized carbons (Fsp3) is 0.414. The van der Waals surface area contributed by atoms with E-state index in [-0.39, 0.29) is 12.1 Å². The first-order chi connectivity index (χ1) is 16.5. The summed E-state index contributed by atoms with van der Waals surface area (Å²) in [6, 6.07) is 15.5. The Morgan fingerprint density at radius 3 is 2.71 bits per heavy atom. The van der Waals surface area contributed by atoms with E-state index in [2.05, 4.69) is 77.4 Å². The number of benzene rings is 2. The highest BCUT2D eigenvalue weighted by atomic mass is 16.2. The number of nitrogens with one attached hydrogen (secondary N) is 2. The second-order valence-corrected chi connectivity index (χ2v) is 9.69. The van der Waals surface area contributed by atoms with Crippen LogP contribution in [0.5, 0.6) is 0 Å². The fourth-order valence-corrected chi connectivity index (χ4v) is 5.86. The van der Waals surface area contributed by atoms with Gasteiger partial charge in [0.25, 0.3) is 0 Å². The van der Waals surface area contributed by atoms with Gasteiger partial charge in [-0.15, -0.1) is 0 Å². The number of fused-ring (bicyclic) bond motifs is 2. The quantitative estimate of drug-likeness (QED) is 0.567. The van der Waals surface area contributed by atoms with Crippen LogP contribution >= 0.6 is 0 Å². The first-order valence-corrected chi connectivity index (χ1v) is 12.5. The molecule has 5 heteroatoms. The molecular formula is C29H34N4O. The number of piperidine rings is 1. The molecule has 2 aliphatic rings. The van der Waals surface area contributed by atoms with Crippen LogP contribution in [-0.4, -0.2) is 59.6 Å². The fourth-order valence-electron chi connectivity index (χ4n) is 5.86. The number of H-pyrrole nitrogens is 1. The first kappa shape index (κ1) is 22.6. The summed E-state index contributed by atoms with van der Waals surface area (Å²) in [6.07, 6.45) is 1.95. The molecule has 2 N–H and O–H groups in total. The van der Waals surface area contributed by atoms with Crippen LogP contribution in [0.4, 0.5) is 4.79 Å². The Balaban J connectivity index is 1.48. The van der Waals surface area contributed by atoms with Gasteiger partial charge in [0, 0.05) is 54.1 Å². The predicted octanol–water partition coefficient (Wildman–Crippen LogP) is 4.64. The summed E-state index contributed by atoms with van der Waals surface area (Å²) in [6.45, 7) is 8.50. The van der Waals surface area contributed by atoms with Crippen molar-refractivity contribution in [2.24, 2.45) is 0 Å². The molecule has 0 unspecified atom stereocenters. The maximum atomic E-state index is 12.7. The number of aryl methyl sites for hydroxylation is 1. The number of likely N-dealkylation sites (tertiary alicyclic amines) is 1. The van der Waals surface area contributed by atoms with Crippen LogP contribution in [0.1, 0.15) is 54.1 Å². The predicted molar refractivity (Wildman–Crippen MR) is 138 cm³/mol. The molecule has 0 radical (unpaired) electrons. The highest BCUT2D eigenvalue weighted by Gasteiger charge is 2.40. The molecule has 176 valence electrons. The van der Waals surface area contributed by atoms with Gasteiger partial charge in [-0.2, -0.15) is 0 Å². The van der Waals surface area contributed by atoms with Crippen molar-refractivity contribution >= 4 is 16.9 Å². The van der Waals surface area contributed by atoms with E-state index >= 15 is 0 Å². The van der Waals surface area contributed by atoms with E-state index < -0.39 is 0 Å². The molecule has 2 amide bonds. The lowest BCUT2D eigenvalue weighted by Crippen LogP contribution is -2.56. The van der Waals surface area contributed by atoms with Crippen molar-refractivity contribution in [2.45, 2.75) is 51.6 Å². The SMILES string of the molecule is CCN(CC)C(=O)N[C@H]1C[C@@H]2c3cccc4[nH]c(C#Cc5ccccc5C)c(c34)C[C@H]2N(C)C1. The third-order valence-corrected chi connectivity index (χ3v) is 7.70. The van der Waals surface area contributed by atoms with E-state index in [0.717, 1.165) is 49.2 Å². The summed E-state index contributed by atoms with van der Waals surface area (Å²) >= 11 is 0. The van der Waals surface area contributed by atoms with Crippen LogP contribution in [0.25, 0.3) is 10.9 Å². The first-order valence-electron chi connectivity index (χ1n) is 12.5. The van der Waals surface area contributed by atoms with Crippen LogP contribution in [0, 0.1) is 18.8 Å². The number of likely N-dealkylation sites (N-methyl/N-ethyl adjacent to an activating group) is 1. The van der Waals surface area contributed by atoms with E-state index in [0.29, 0.717) is 12.0 Å². The number of carbonyl (C=O) groups is 1. The van der Waals surface area contributed by atoms with Crippen molar-refractivity contribution in [1.82, 2.24) is 20.1 Å². The van der Waals surface area contributed by atoms with Gasteiger partial charge >= 0.3 is 6.03 Å². The molecule has 1 aliphatic carbocycles. The number of aromatic amines is 1. The normalized spacial score (nSPS) is 21.5. The standard InChI is InChI=1S/C29H34N4O/c1-5-33(6-2)29(34)30-21-16-23-22-12-9-13-26-28(22)24(17-27(23)32(4)18-21)25(31-26)15-14-20-11-8-7-10-19(20)3/h7-13,21,23,27,31H,5-6,16-18H2,1-4H3,(H,30,34)/t21-,23+,27+/m0/s1. The Morgan fingerprint density at radius 2 is 1.94 bits per heavy atom. The van der Waals surface area contributed by atoms with Crippen LogP contribution in [0.15, 0.2) is 42.5 Å². The molecule has 1 saturated heterocycles. The lowest BCUT2D eigenvalue weighted by Gasteiger charge is -2.46. The van der Waals surface area contributed by atoms with Crippen molar-refractivity contribution < 1.29 is 4.79 Å². The van der Waals surface area contributed by atoms with E-state index in [9.17, 15) is 4.79 Å². The molecule has 2 heterocycles. The molecule has 0 bridgehead atoms. The van der Waals surface area contributed by atoms with Gasteiger partial charge in [-0.05, 0) is 75.4 Å². The topological polar surface area (TPSA) is 51.4 Å². The lowest BCUT2D eigenvalue weighted by atomic mass is 9.73. The van der Waals surface area contributed by atoms with Crippen LogP contribution in [0.3, 0.4) is 0 Å². The van der Waals surface area contributed by atoms with E-state index in [1.54, 1.807) is 0 Å². The molecule has 2 aromatic carbocycles. The number of hydrogen-bond acceptors (Lipinski definition) is 2. The van der Waals surface area contributed by atoms with Gasteiger partial charge in [-0.1, -0.05) is 36.3 Å². The van der Waals surface area contributed by atoms with Crippen LogP contribution in [0.2, 0.25) is 0 Å². The summed E-state index contributed by atoms with van der Waals surface area (Å²) in [5.41, 5.74) is 7.20. The Morgan fingerprint density at radius 1 is 1.15 bits per heavy atom. The Labute approximate surface area is 202 Å². The molecule has 1 aromatic heterocycles. The van der Waals surface area contributed by atoms with Gasteiger partial charge in [0.2, 0.25) is 0 Å². The van der Waals surface area contributed by atoms with Gasteiger partial charge < -0.3 is 20.1 Å². The number of hydrogen-bond donors (Lipinski definition) is 2. The van der Waals surface area contributed by atoms with E-state index in [4.69, 9.17) is 0 Å². The average molecular weight is 455 g/mol. The molecule has 34 heavy (non-hydrogen) atoms. The zero-order valence-electron chi connectivity index (χ0n) is 20.6. The van der Waals surface area contributed by atoms with Crippen molar-refractivity contribution in [2.75, 3.05) is 26.7 Å². The molecule has 3 atom stereocenters. The molecule has 0 saturated carbocycles.